The van der Waals surface area contributed by atoms with Crippen LogP contribution in [-0.2, 0) is 0 Å². The topological polar surface area (TPSA) is 68.8 Å². The van der Waals surface area contributed by atoms with E-state index in [9.17, 15) is 0 Å². The van der Waals surface area contributed by atoms with Gasteiger partial charge in [0.15, 0.2) is 5.69 Å². The average Bonchev–Trinajstić information content (AvgIpc) is 3.26. The van der Waals surface area contributed by atoms with Gasteiger partial charge in [0.05, 0.1) is 29.0 Å². The molecule has 0 aliphatic carbocycles. The van der Waals surface area contributed by atoms with Gasteiger partial charge in [0, 0.05) is 70.2 Å². The number of benzene rings is 5. The summed E-state index contributed by atoms with van der Waals surface area (Å²) in [5.41, 5.74) is 12.7. The summed E-state index contributed by atoms with van der Waals surface area (Å²) in [6, 6.07) is 46.1. The summed E-state index contributed by atoms with van der Waals surface area (Å²) in [7, 11) is 0. The van der Waals surface area contributed by atoms with E-state index >= 15 is 0 Å². The Morgan fingerprint density at radius 3 is 1.56 bits per heavy atom. The van der Waals surface area contributed by atoms with Crippen LogP contribution >= 0.6 is 0 Å². The minimum Gasteiger partial charge on any atom is -0.265 e. The Labute approximate surface area is 311 Å². The average molecular weight is 689 g/mol. The monoisotopic (exact) mass is 688 g/mol. The van der Waals surface area contributed by atoms with Crippen molar-refractivity contribution < 1.29 is 0 Å². The first kappa shape index (κ1) is 31.1. The van der Waals surface area contributed by atoms with Crippen molar-refractivity contribution in [2.45, 2.75) is 0 Å². The first-order valence-electron chi connectivity index (χ1n) is 17.6. The Morgan fingerprint density at radius 2 is 0.944 bits per heavy atom. The number of pyridine rings is 5. The second-order valence-electron chi connectivity index (χ2n) is 13.3. The van der Waals surface area contributed by atoms with Gasteiger partial charge in [-0.2, -0.15) is 0 Å². The number of fused-ring (bicyclic) bond motifs is 6. The largest absolute Gasteiger partial charge is 0.265 e. The van der Waals surface area contributed by atoms with Crippen LogP contribution in [0.25, 0.3) is 104 Å². The third kappa shape index (κ3) is 5.40. The van der Waals surface area contributed by atoms with Gasteiger partial charge in [0.25, 0.3) is 0 Å². The molecule has 0 aliphatic rings. The molecule has 6 nitrogen and oxygen atoms in total. The fourth-order valence-electron chi connectivity index (χ4n) is 7.52. The Balaban J connectivity index is 1.16. The highest BCUT2D eigenvalue weighted by atomic mass is 14.7. The lowest BCUT2D eigenvalue weighted by atomic mass is 9.89. The number of aromatic nitrogens is 5. The van der Waals surface area contributed by atoms with Crippen LogP contribution < -0.4 is 0 Å². The van der Waals surface area contributed by atoms with Crippen LogP contribution in [-0.4, -0.2) is 24.9 Å². The number of hydrogen-bond donors (Lipinski definition) is 0. The third-order valence-corrected chi connectivity index (χ3v) is 10.1. The van der Waals surface area contributed by atoms with Gasteiger partial charge in [-0.05, 0) is 123 Å². The van der Waals surface area contributed by atoms with Crippen molar-refractivity contribution in [3.63, 3.8) is 0 Å². The summed E-state index contributed by atoms with van der Waals surface area (Å²) in [5.74, 6) is 0. The predicted molar refractivity (Wildman–Crippen MR) is 219 cm³/mol. The van der Waals surface area contributed by atoms with Crippen molar-refractivity contribution in [3.05, 3.63) is 182 Å². The highest BCUT2D eigenvalue weighted by Crippen LogP contribution is 2.42. The van der Waals surface area contributed by atoms with Crippen LogP contribution in [0, 0.1) is 6.57 Å². The maximum Gasteiger partial charge on any atom is 0.187 e. The van der Waals surface area contributed by atoms with E-state index in [1.807, 2.05) is 67.0 Å². The van der Waals surface area contributed by atoms with Gasteiger partial charge >= 0.3 is 0 Å². The predicted octanol–water partition coefficient (Wildman–Crippen LogP) is 12.2. The Kier molecular flexibility index (Phi) is 7.41. The zero-order valence-electron chi connectivity index (χ0n) is 28.8. The smallest absolute Gasteiger partial charge is 0.187 e. The summed E-state index contributed by atoms with van der Waals surface area (Å²) >= 11 is 0. The Hall–Kier alpha value is -7.62. The fraction of sp³-hybridized carbons (Fsp3) is 0. The maximum absolute atomic E-state index is 7.43. The van der Waals surface area contributed by atoms with Gasteiger partial charge in [0.1, 0.15) is 0 Å². The van der Waals surface area contributed by atoms with Crippen molar-refractivity contribution >= 4 is 49.0 Å². The zero-order valence-corrected chi connectivity index (χ0v) is 28.8. The van der Waals surface area contributed by atoms with E-state index in [4.69, 9.17) is 21.5 Å². The first-order chi connectivity index (χ1) is 26.7. The van der Waals surface area contributed by atoms with E-state index in [1.165, 1.54) is 0 Å². The normalized spacial score (nSPS) is 11.3. The highest BCUT2D eigenvalue weighted by Gasteiger charge is 2.17. The molecule has 0 saturated carbocycles. The molecule has 0 aliphatic heterocycles. The van der Waals surface area contributed by atoms with E-state index < -0.39 is 0 Å². The SMILES string of the molecule is [C-]#[N+]c1ccc2cc(-c3cc4c5cccnc5c(-c5cccc(-c6cc(-c7ccncc7)nc(-c7ccncc7)c6)c5)cc4c4cccnc34)ccc2c1. The molecule has 0 unspecified atom stereocenters. The van der Waals surface area contributed by atoms with Gasteiger partial charge in [-0.25, -0.2) is 9.83 Å². The van der Waals surface area contributed by atoms with E-state index in [2.05, 4.69) is 93.7 Å². The van der Waals surface area contributed by atoms with Gasteiger partial charge < -0.3 is 0 Å². The van der Waals surface area contributed by atoms with Crippen molar-refractivity contribution in [3.8, 4) is 55.9 Å². The molecule has 0 spiro atoms. The first-order valence-corrected chi connectivity index (χ1v) is 17.6. The van der Waals surface area contributed by atoms with Crippen LogP contribution in [0.1, 0.15) is 0 Å². The van der Waals surface area contributed by atoms with Crippen LogP contribution in [0.15, 0.2) is 171 Å². The summed E-state index contributed by atoms with van der Waals surface area (Å²) in [6.45, 7) is 7.43. The summed E-state index contributed by atoms with van der Waals surface area (Å²) in [4.78, 5) is 27.1. The summed E-state index contributed by atoms with van der Waals surface area (Å²) < 4.78 is 0. The summed E-state index contributed by atoms with van der Waals surface area (Å²) in [6.07, 6.45) is 10.9. The number of nitrogens with zero attached hydrogens (tertiary/aromatic N) is 6. The standard InChI is InChI=1S/C48H28N6/c1-49-38-12-11-33-24-36(10-9-34(33)25-38)42-29-44-39-7-3-17-52-47(39)41(28-43(44)40-8-4-18-53-48(40)42)35-6-2-5-32(23-35)37-26-45(30-13-19-50-20-14-30)54-46(27-37)31-15-21-51-22-16-31/h2-29H. The van der Waals surface area contributed by atoms with Crippen molar-refractivity contribution in [2.75, 3.05) is 0 Å². The van der Waals surface area contributed by atoms with Crippen molar-refractivity contribution in [2.24, 2.45) is 0 Å². The van der Waals surface area contributed by atoms with Crippen LogP contribution in [0.3, 0.4) is 0 Å². The van der Waals surface area contributed by atoms with Gasteiger partial charge in [-0.15, -0.1) is 0 Å². The minimum absolute atomic E-state index is 0.638. The van der Waals surface area contributed by atoms with Gasteiger partial charge in [0.2, 0.25) is 0 Å². The van der Waals surface area contributed by atoms with E-state index in [0.29, 0.717) is 5.69 Å². The molecule has 5 heterocycles. The number of hydrogen-bond acceptors (Lipinski definition) is 5. The summed E-state index contributed by atoms with van der Waals surface area (Å²) in [5, 5.41) is 6.52. The molecular formula is C48H28N6. The molecule has 250 valence electrons. The van der Waals surface area contributed by atoms with E-state index in [-0.39, 0.29) is 0 Å². The lowest BCUT2D eigenvalue weighted by Gasteiger charge is -2.16. The highest BCUT2D eigenvalue weighted by molar-refractivity contribution is 6.22. The molecule has 5 aromatic heterocycles. The van der Waals surface area contributed by atoms with Crippen LogP contribution in [0.5, 0.6) is 0 Å². The molecule has 0 bridgehead atoms. The zero-order chi connectivity index (χ0) is 36.0. The van der Waals surface area contributed by atoms with Crippen molar-refractivity contribution in [1.29, 1.82) is 0 Å². The van der Waals surface area contributed by atoms with Crippen LogP contribution in [0.2, 0.25) is 0 Å². The molecule has 0 amide bonds. The molecule has 0 atom stereocenters. The number of rotatable bonds is 5. The second kappa shape index (κ2) is 12.9. The molecule has 6 heteroatoms. The fourth-order valence-corrected chi connectivity index (χ4v) is 7.52. The van der Waals surface area contributed by atoms with E-state index in [1.54, 1.807) is 24.8 Å². The maximum atomic E-state index is 7.43. The molecule has 54 heavy (non-hydrogen) atoms. The lowest BCUT2D eigenvalue weighted by molar-refractivity contribution is 1.27. The Bertz CT molecular complexity index is 3060. The Morgan fingerprint density at radius 1 is 0.389 bits per heavy atom. The molecule has 0 fully saturated rings. The van der Waals surface area contributed by atoms with Crippen molar-refractivity contribution in [1.82, 2.24) is 24.9 Å². The molecule has 0 radical (unpaired) electrons. The molecule has 0 N–H and O–H groups in total. The molecule has 10 rings (SSSR count). The third-order valence-electron chi connectivity index (χ3n) is 10.1. The second-order valence-corrected chi connectivity index (χ2v) is 13.3. The quantitative estimate of drug-likeness (QED) is 0.133. The molecule has 10 aromatic rings. The minimum atomic E-state index is 0.638. The van der Waals surface area contributed by atoms with Gasteiger partial charge in [-0.3, -0.25) is 19.9 Å². The van der Waals surface area contributed by atoms with Crippen LogP contribution in [0.4, 0.5) is 5.69 Å². The van der Waals surface area contributed by atoms with Gasteiger partial charge in [-0.1, -0.05) is 54.6 Å². The van der Waals surface area contributed by atoms with E-state index in [0.717, 1.165) is 99.2 Å². The molecule has 0 saturated heterocycles. The lowest BCUT2D eigenvalue weighted by Crippen LogP contribution is -1.93. The molecule has 5 aromatic carbocycles. The molecular weight excluding hydrogens is 661 g/mol.